The van der Waals surface area contributed by atoms with Crippen LogP contribution >= 0.6 is 15.9 Å². The summed E-state index contributed by atoms with van der Waals surface area (Å²) in [5, 5.41) is 0. The highest BCUT2D eigenvalue weighted by atomic mass is 79.9. The van der Waals surface area contributed by atoms with Crippen molar-refractivity contribution in [2.75, 3.05) is 7.05 Å². The number of benzene rings is 1. The zero-order valence-corrected chi connectivity index (χ0v) is 14.5. The van der Waals surface area contributed by atoms with Crippen molar-refractivity contribution in [1.82, 2.24) is 4.31 Å². The van der Waals surface area contributed by atoms with Crippen LogP contribution in [0.4, 0.5) is 0 Å². The second-order valence-corrected chi connectivity index (χ2v) is 8.29. The summed E-state index contributed by atoms with van der Waals surface area (Å²) >= 11 is 3.40. The van der Waals surface area contributed by atoms with Gasteiger partial charge >= 0.3 is 0 Å². The van der Waals surface area contributed by atoms with Crippen molar-refractivity contribution < 1.29 is 8.42 Å². The number of hydrogen-bond donors (Lipinski definition) is 1. The van der Waals surface area contributed by atoms with Gasteiger partial charge in [-0.2, -0.15) is 4.31 Å². The van der Waals surface area contributed by atoms with Gasteiger partial charge in [0.05, 0.1) is 4.90 Å². The van der Waals surface area contributed by atoms with Crippen molar-refractivity contribution in [3.63, 3.8) is 0 Å². The molecule has 1 aliphatic carbocycles. The average molecular weight is 361 g/mol. The van der Waals surface area contributed by atoms with E-state index in [1.807, 2.05) is 19.9 Å². The SMILES string of the molecule is Cc1cc(CN)cc(S(=O)(=O)N(C)C(C)C2CC2)c1Br. The molecule has 1 aromatic rings. The third-order valence-corrected chi connectivity index (χ3v) is 7.34. The van der Waals surface area contributed by atoms with Crippen LogP contribution in [0.1, 0.15) is 30.9 Å². The fraction of sp³-hybridized carbons (Fsp3) is 0.571. The van der Waals surface area contributed by atoms with E-state index in [0.29, 0.717) is 21.8 Å². The van der Waals surface area contributed by atoms with Crippen LogP contribution in [0.25, 0.3) is 0 Å². The van der Waals surface area contributed by atoms with Gasteiger partial charge in [-0.25, -0.2) is 8.42 Å². The Kier molecular flexibility index (Phi) is 4.59. The Morgan fingerprint density at radius 3 is 2.55 bits per heavy atom. The summed E-state index contributed by atoms with van der Waals surface area (Å²) in [5.74, 6) is 0.493. The van der Waals surface area contributed by atoms with Crippen molar-refractivity contribution in [1.29, 1.82) is 0 Å². The van der Waals surface area contributed by atoms with Gasteiger partial charge in [-0.1, -0.05) is 6.07 Å². The minimum absolute atomic E-state index is 0.0359. The Morgan fingerprint density at radius 1 is 1.45 bits per heavy atom. The van der Waals surface area contributed by atoms with E-state index in [2.05, 4.69) is 15.9 Å². The van der Waals surface area contributed by atoms with Crippen molar-refractivity contribution in [3.05, 3.63) is 27.7 Å². The molecule has 0 spiro atoms. The Morgan fingerprint density at radius 2 is 2.05 bits per heavy atom. The molecule has 4 nitrogen and oxygen atoms in total. The first-order valence-corrected chi connectivity index (χ1v) is 8.99. The molecule has 2 rings (SSSR count). The van der Waals surface area contributed by atoms with Gasteiger partial charge in [0.25, 0.3) is 0 Å². The first-order chi connectivity index (χ1) is 9.28. The van der Waals surface area contributed by atoms with Gasteiger partial charge in [0, 0.05) is 24.1 Å². The van der Waals surface area contributed by atoms with E-state index in [0.717, 1.165) is 24.0 Å². The first-order valence-electron chi connectivity index (χ1n) is 6.76. The van der Waals surface area contributed by atoms with E-state index in [1.165, 1.54) is 4.31 Å². The number of hydrogen-bond acceptors (Lipinski definition) is 3. The van der Waals surface area contributed by atoms with E-state index in [-0.39, 0.29) is 6.04 Å². The fourth-order valence-electron chi connectivity index (χ4n) is 2.36. The molecule has 1 aliphatic rings. The van der Waals surface area contributed by atoms with Gasteiger partial charge in [-0.3, -0.25) is 0 Å². The summed E-state index contributed by atoms with van der Waals surface area (Å²) in [6.45, 7) is 4.19. The molecule has 1 saturated carbocycles. The normalized spacial score (nSPS) is 17.5. The molecule has 0 amide bonds. The van der Waals surface area contributed by atoms with E-state index in [4.69, 9.17) is 5.73 Å². The summed E-state index contributed by atoms with van der Waals surface area (Å²) in [5.41, 5.74) is 7.37. The van der Waals surface area contributed by atoms with Gasteiger partial charge < -0.3 is 5.73 Å². The molecule has 2 N–H and O–H groups in total. The Hall–Kier alpha value is -0.430. The Labute approximate surface area is 129 Å². The predicted molar refractivity (Wildman–Crippen MR) is 83.9 cm³/mol. The zero-order chi connectivity index (χ0) is 15.1. The van der Waals surface area contributed by atoms with Crippen LogP contribution in [-0.4, -0.2) is 25.8 Å². The summed E-state index contributed by atoms with van der Waals surface area (Å²) in [6.07, 6.45) is 2.23. The van der Waals surface area contributed by atoms with E-state index < -0.39 is 10.0 Å². The van der Waals surface area contributed by atoms with Gasteiger partial charge in [0.1, 0.15) is 0 Å². The highest BCUT2D eigenvalue weighted by molar-refractivity contribution is 9.10. The van der Waals surface area contributed by atoms with E-state index in [9.17, 15) is 8.42 Å². The predicted octanol–water partition coefficient (Wildman–Crippen LogP) is 2.64. The average Bonchev–Trinajstić information content (AvgIpc) is 3.24. The van der Waals surface area contributed by atoms with Crippen LogP contribution in [0, 0.1) is 12.8 Å². The van der Waals surface area contributed by atoms with Gasteiger partial charge in [-0.05, 0) is 65.7 Å². The topological polar surface area (TPSA) is 63.4 Å². The number of halogens is 1. The second-order valence-electron chi connectivity index (χ2n) is 5.53. The maximum Gasteiger partial charge on any atom is 0.244 e. The molecule has 0 bridgehead atoms. The Bertz CT molecular complexity index is 612. The third-order valence-electron chi connectivity index (χ3n) is 4.05. The lowest BCUT2D eigenvalue weighted by molar-refractivity contribution is 0.357. The molecule has 1 fully saturated rings. The maximum absolute atomic E-state index is 12.8. The van der Waals surface area contributed by atoms with Crippen molar-refractivity contribution in [3.8, 4) is 0 Å². The molecule has 0 heterocycles. The summed E-state index contributed by atoms with van der Waals surface area (Å²) in [4.78, 5) is 0.313. The minimum Gasteiger partial charge on any atom is -0.326 e. The monoisotopic (exact) mass is 360 g/mol. The summed E-state index contributed by atoms with van der Waals surface area (Å²) in [7, 11) is -1.84. The van der Waals surface area contributed by atoms with Crippen LogP contribution in [-0.2, 0) is 16.6 Å². The number of aryl methyl sites for hydroxylation is 1. The minimum atomic E-state index is -3.50. The van der Waals surface area contributed by atoms with Crippen LogP contribution < -0.4 is 5.73 Å². The standard InChI is InChI=1S/C14H21BrN2O2S/c1-9-6-11(8-16)7-13(14(9)15)20(18,19)17(3)10(2)12-4-5-12/h6-7,10,12H,4-5,8,16H2,1-3H3. The van der Waals surface area contributed by atoms with Gasteiger partial charge in [0.2, 0.25) is 10.0 Å². The molecule has 1 atom stereocenters. The van der Waals surface area contributed by atoms with Crippen molar-refractivity contribution in [2.24, 2.45) is 11.7 Å². The smallest absolute Gasteiger partial charge is 0.244 e. The molecule has 20 heavy (non-hydrogen) atoms. The lowest BCUT2D eigenvalue weighted by Crippen LogP contribution is -2.36. The molecule has 1 unspecified atom stereocenters. The fourth-order valence-corrected chi connectivity index (χ4v) is 4.81. The first kappa shape index (κ1) is 15.9. The molecular formula is C14H21BrN2O2S. The summed E-state index contributed by atoms with van der Waals surface area (Å²) < 4.78 is 27.7. The number of nitrogens with zero attached hydrogens (tertiary/aromatic N) is 1. The highest BCUT2D eigenvalue weighted by Gasteiger charge is 2.36. The molecule has 1 aromatic carbocycles. The lowest BCUT2D eigenvalue weighted by Gasteiger charge is -2.25. The van der Waals surface area contributed by atoms with Gasteiger partial charge in [0.15, 0.2) is 0 Å². The summed E-state index contributed by atoms with van der Waals surface area (Å²) in [6, 6.07) is 3.62. The number of sulfonamides is 1. The molecule has 0 aromatic heterocycles. The maximum atomic E-state index is 12.8. The van der Waals surface area contributed by atoms with Crippen LogP contribution in [0.3, 0.4) is 0 Å². The van der Waals surface area contributed by atoms with Crippen molar-refractivity contribution >= 4 is 26.0 Å². The zero-order valence-electron chi connectivity index (χ0n) is 12.1. The van der Waals surface area contributed by atoms with Crippen LogP contribution in [0.15, 0.2) is 21.5 Å². The van der Waals surface area contributed by atoms with E-state index in [1.54, 1.807) is 13.1 Å². The molecule has 0 aliphatic heterocycles. The molecule has 6 heteroatoms. The van der Waals surface area contributed by atoms with Crippen LogP contribution in [0.5, 0.6) is 0 Å². The molecular weight excluding hydrogens is 340 g/mol. The number of nitrogens with two attached hydrogens (primary N) is 1. The van der Waals surface area contributed by atoms with Crippen LogP contribution in [0.2, 0.25) is 0 Å². The Balaban J connectivity index is 2.45. The molecule has 0 saturated heterocycles. The molecule has 112 valence electrons. The number of rotatable bonds is 5. The van der Waals surface area contributed by atoms with Gasteiger partial charge in [-0.15, -0.1) is 0 Å². The van der Waals surface area contributed by atoms with E-state index >= 15 is 0 Å². The lowest BCUT2D eigenvalue weighted by atomic mass is 10.1. The van der Waals surface area contributed by atoms with Crippen molar-refractivity contribution in [2.45, 2.75) is 44.2 Å². The highest BCUT2D eigenvalue weighted by Crippen LogP contribution is 2.37. The molecule has 0 radical (unpaired) electrons. The third kappa shape index (κ3) is 2.93. The quantitative estimate of drug-likeness (QED) is 0.877. The second kappa shape index (κ2) is 5.75. The largest absolute Gasteiger partial charge is 0.326 e.